The van der Waals surface area contributed by atoms with Crippen LogP contribution >= 0.6 is 0 Å². The molecule has 1 fully saturated rings. The number of hydrogen-bond acceptors (Lipinski definition) is 5. The second kappa shape index (κ2) is 5.75. The average molecular weight is 278 g/mol. The summed E-state index contributed by atoms with van der Waals surface area (Å²) in [5.74, 6) is 0.586. The molecule has 1 aromatic rings. The lowest BCUT2D eigenvalue weighted by atomic mass is 9.80. The Morgan fingerprint density at radius 3 is 2.75 bits per heavy atom. The van der Waals surface area contributed by atoms with E-state index in [1.807, 2.05) is 0 Å². The van der Waals surface area contributed by atoms with Crippen LogP contribution in [0.4, 0.5) is 11.5 Å². The summed E-state index contributed by atoms with van der Waals surface area (Å²) < 4.78 is 0. The summed E-state index contributed by atoms with van der Waals surface area (Å²) in [7, 11) is 2.14. The van der Waals surface area contributed by atoms with Crippen molar-refractivity contribution in [1.82, 2.24) is 9.88 Å². The first-order valence-electron chi connectivity index (χ1n) is 6.93. The first-order chi connectivity index (χ1) is 9.39. The molecule has 0 saturated carbocycles. The molecule has 1 aromatic heterocycles. The van der Waals surface area contributed by atoms with E-state index in [9.17, 15) is 10.1 Å². The quantitative estimate of drug-likeness (QED) is 0.676. The molecule has 110 valence electrons. The minimum Gasteiger partial charge on any atom is -0.369 e. The third-order valence-electron chi connectivity index (χ3n) is 4.16. The predicted octanol–water partition coefficient (Wildman–Crippen LogP) is 2.44. The molecule has 0 radical (unpaired) electrons. The molecule has 6 heteroatoms. The number of nitrogens with one attached hydrogen (secondary N) is 1. The van der Waals surface area contributed by atoms with Crippen LogP contribution in [0.5, 0.6) is 0 Å². The van der Waals surface area contributed by atoms with Crippen molar-refractivity contribution in [2.75, 3.05) is 32.0 Å². The highest BCUT2D eigenvalue weighted by Gasteiger charge is 2.28. The van der Waals surface area contributed by atoms with Crippen molar-refractivity contribution in [2.24, 2.45) is 5.41 Å². The summed E-state index contributed by atoms with van der Waals surface area (Å²) in [6.45, 7) is 6.95. The monoisotopic (exact) mass is 278 g/mol. The average Bonchev–Trinajstić information content (AvgIpc) is 2.41. The van der Waals surface area contributed by atoms with Crippen LogP contribution in [0, 0.1) is 22.5 Å². The molecule has 20 heavy (non-hydrogen) atoms. The van der Waals surface area contributed by atoms with Gasteiger partial charge >= 0.3 is 0 Å². The smallest absolute Gasteiger partial charge is 0.277 e. The Morgan fingerprint density at radius 1 is 1.50 bits per heavy atom. The maximum atomic E-state index is 10.9. The van der Waals surface area contributed by atoms with Gasteiger partial charge in [-0.3, -0.25) is 10.1 Å². The lowest BCUT2D eigenvalue weighted by Gasteiger charge is -2.38. The van der Waals surface area contributed by atoms with E-state index in [1.54, 1.807) is 13.1 Å². The lowest BCUT2D eigenvalue weighted by molar-refractivity contribution is -0.385. The van der Waals surface area contributed by atoms with Crippen molar-refractivity contribution in [3.05, 3.63) is 27.9 Å². The number of pyridine rings is 1. The minimum absolute atomic E-state index is 0.121. The normalized spacial score (nSPS) is 18.8. The molecule has 2 rings (SSSR count). The molecule has 0 unspecified atom stereocenters. The summed E-state index contributed by atoms with van der Waals surface area (Å²) in [5.41, 5.74) is 0.940. The third kappa shape index (κ3) is 3.45. The van der Waals surface area contributed by atoms with Crippen molar-refractivity contribution in [3.8, 4) is 0 Å². The highest BCUT2D eigenvalue weighted by Crippen LogP contribution is 2.30. The summed E-state index contributed by atoms with van der Waals surface area (Å²) in [4.78, 5) is 17.1. The molecule has 0 aromatic carbocycles. The number of hydrogen-bond donors (Lipinski definition) is 1. The van der Waals surface area contributed by atoms with Crippen molar-refractivity contribution in [1.29, 1.82) is 0 Å². The Bertz CT molecular complexity index is 496. The lowest BCUT2D eigenvalue weighted by Crippen LogP contribution is -2.40. The van der Waals surface area contributed by atoms with E-state index < -0.39 is 0 Å². The van der Waals surface area contributed by atoms with E-state index >= 15 is 0 Å². The van der Waals surface area contributed by atoms with Gasteiger partial charge in [0.2, 0.25) is 0 Å². The van der Waals surface area contributed by atoms with Gasteiger partial charge in [-0.2, -0.15) is 0 Å². The molecule has 1 aliphatic rings. The van der Waals surface area contributed by atoms with Crippen LogP contribution in [-0.2, 0) is 0 Å². The maximum Gasteiger partial charge on any atom is 0.277 e. The SMILES string of the molecule is Cc1cnc(NCC2(C)CCN(C)CC2)cc1[N+](=O)[O-]. The fourth-order valence-corrected chi connectivity index (χ4v) is 2.45. The van der Waals surface area contributed by atoms with E-state index in [4.69, 9.17) is 0 Å². The second-order valence-corrected chi connectivity index (χ2v) is 6.08. The van der Waals surface area contributed by atoms with Crippen LogP contribution in [0.1, 0.15) is 25.3 Å². The Morgan fingerprint density at radius 2 is 2.15 bits per heavy atom. The molecule has 2 heterocycles. The first-order valence-corrected chi connectivity index (χ1v) is 6.93. The molecular formula is C14H22N4O2. The standard InChI is InChI=1S/C14H22N4O2/c1-11-9-15-13(8-12(11)18(19)20)16-10-14(2)4-6-17(3)7-5-14/h8-9H,4-7,10H2,1-3H3,(H,15,16). The highest BCUT2D eigenvalue weighted by atomic mass is 16.6. The van der Waals surface area contributed by atoms with Gasteiger partial charge in [-0.1, -0.05) is 6.92 Å². The number of aryl methyl sites for hydroxylation is 1. The molecule has 1 saturated heterocycles. The van der Waals surface area contributed by atoms with Crippen molar-refractivity contribution >= 4 is 11.5 Å². The molecule has 0 spiro atoms. The Kier molecular flexibility index (Phi) is 4.23. The van der Waals surface area contributed by atoms with E-state index in [2.05, 4.69) is 29.2 Å². The number of nitrogens with zero attached hydrogens (tertiary/aromatic N) is 3. The highest BCUT2D eigenvalue weighted by molar-refractivity contribution is 5.49. The number of likely N-dealkylation sites (tertiary alicyclic amines) is 1. The second-order valence-electron chi connectivity index (χ2n) is 6.08. The fraction of sp³-hybridized carbons (Fsp3) is 0.643. The molecule has 1 aliphatic heterocycles. The minimum atomic E-state index is -0.362. The van der Waals surface area contributed by atoms with Gasteiger partial charge in [0.15, 0.2) is 0 Å². The number of piperidine rings is 1. The van der Waals surface area contributed by atoms with Crippen molar-refractivity contribution < 1.29 is 4.92 Å². The van der Waals surface area contributed by atoms with E-state index in [0.717, 1.165) is 32.5 Å². The fourth-order valence-electron chi connectivity index (χ4n) is 2.45. The molecule has 0 amide bonds. The molecule has 0 atom stereocenters. The summed E-state index contributed by atoms with van der Waals surface area (Å²) >= 11 is 0. The summed E-state index contributed by atoms with van der Waals surface area (Å²) in [6, 6.07) is 1.52. The van der Waals surface area contributed by atoms with E-state index in [-0.39, 0.29) is 16.0 Å². The first kappa shape index (κ1) is 14.7. The zero-order chi connectivity index (χ0) is 14.8. The van der Waals surface area contributed by atoms with Gasteiger partial charge in [-0.15, -0.1) is 0 Å². The topological polar surface area (TPSA) is 71.3 Å². The zero-order valence-corrected chi connectivity index (χ0v) is 12.3. The number of rotatable bonds is 4. The van der Waals surface area contributed by atoms with Gasteiger partial charge in [0.1, 0.15) is 5.82 Å². The van der Waals surface area contributed by atoms with Crippen LogP contribution in [0.2, 0.25) is 0 Å². The van der Waals surface area contributed by atoms with Crippen molar-refractivity contribution in [3.63, 3.8) is 0 Å². The van der Waals surface area contributed by atoms with Crippen LogP contribution in [0.3, 0.4) is 0 Å². The maximum absolute atomic E-state index is 10.9. The van der Waals surface area contributed by atoms with Crippen LogP contribution in [0.15, 0.2) is 12.3 Å². The van der Waals surface area contributed by atoms with Gasteiger partial charge in [-0.05, 0) is 45.3 Å². The molecule has 0 bridgehead atoms. The van der Waals surface area contributed by atoms with Gasteiger partial charge in [0.25, 0.3) is 5.69 Å². The summed E-state index contributed by atoms with van der Waals surface area (Å²) in [5, 5.41) is 14.2. The molecule has 6 nitrogen and oxygen atoms in total. The predicted molar refractivity (Wildman–Crippen MR) is 79.0 cm³/mol. The molecule has 0 aliphatic carbocycles. The third-order valence-corrected chi connectivity index (χ3v) is 4.16. The number of nitro groups is 1. The van der Waals surface area contributed by atoms with Gasteiger partial charge in [0.05, 0.1) is 11.0 Å². The van der Waals surface area contributed by atoms with E-state index in [0.29, 0.717) is 11.4 Å². The Balaban J connectivity index is 2.00. The van der Waals surface area contributed by atoms with Gasteiger partial charge in [0, 0.05) is 18.3 Å². The number of aromatic nitrogens is 1. The van der Waals surface area contributed by atoms with Crippen LogP contribution in [-0.4, -0.2) is 41.5 Å². The van der Waals surface area contributed by atoms with Crippen molar-refractivity contribution in [2.45, 2.75) is 26.7 Å². The summed E-state index contributed by atoms with van der Waals surface area (Å²) in [6.07, 6.45) is 3.81. The largest absolute Gasteiger partial charge is 0.369 e. The molecular weight excluding hydrogens is 256 g/mol. The van der Waals surface area contributed by atoms with Crippen LogP contribution in [0.25, 0.3) is 0 Å². The van der Waals surface area contributed by atoms with Gasteiger partial charge < -0.3 is 10.2 Å². The van der Waals surface area contributed by atoms with E-state index in [1.165, 1.54) is 6.07 Å². The Labute approximate surface area is 119 Å². The number of anilines is 1. The van der Waals surface area contributed by atoms with Crippen LogP contribution < -0.4 is 5.32 Å². The molecule has 1 N–H and O–H groups in total. The Hall–Kier alpha value is -1.69. The van der Waals surface area contributed by atoms with Gasteiger partial charge in [-0.25, -0.2) is 4.98 Å². The zero-order valence-electron chi connectivity index (χ0n) is 12.3.